The lowest BCUT2D eigenvalue weighted by Crippen LogP contribution is -2.53. The first-order valence-electron chi connectivity index (χ1n) is 5.88. The molecule has 5 nitrogen and oxygen atoms in total. The summed E-state index contributed by atoms with van der Waals surface area (Å²) in [5, 5.41) is 0.0312. The number of amides is 2. The maximum Gasteiger partial charge on any atom is 0.244 e. The lowest BCUT2D eigenvalue weighted by molar-refractivity contribution is -0.138. The number of thioether (sulfide) groups is 1. The van der Waals surface area contributed by atoms with Crippen LogP contribution in [0.4, 0.5) is 0 Å². The van der Waals surface area contributed by atoms with Gasteiger partial charge >= 0.3 is 0 Å². The Hall–Kier alpha value is -0.750. The molecule has 0 spiro atoms. The van der Waals surface area contributed by atoms with E-state index in [-0.39, 0.29) is 11.3 Å². The molecule has 0 aromatic carbocycles. The summed E-state index contributed by atoms with van der Waals surface area (Å²) < 4.78 is 0. The highest BCUT2D eigenvalue weighted by molar-refractivity contribution is 8.00. The number of carbonyl (C=O) groups is 2. The number of nitrogens with zero attached hydrogens (tertiary/aromatic N) is 1. The van der Waals surface area contributed by atoms with Gasteiger partial charge in [0.2, 0.25) is 11.8 Å². The van der Waals surface area contributed by atoms with E-state index in [1.165, 1.54) is 0 Å². The molecule has 0 bridgehead atoms. The Kier molecular flexibility index (Phi) is 3.12. The largest absolute Gasteiger partial charge is 0.368 e. The Bertz CT molecular complexity index is 361. The van der Waals surface area contributed by atoms with Gasteiger partial charge in [0.1, 0.15) is 6.04 Å². The number of primary amides is 1. The summed E-state index contributed by atoms with van der Waals surface area (Å²) in [6, 6.07) is -0.477. The third-order valence-electron chi connectivity index (χ3n) is 3.39. The van der Waals surface area contributed by atoms with Gasteiger partial charge in [-0.15, -0.1) is 11.8 Å². The van der Waals surface area contributed by atoms with Crippen LogP contribution < -0.4 is 11.5 Å². The van der Waals surface area contributed by atoms with E-state index in [1.807, 2.05) is 13.8 Å². The molecule has 3 unspecified atom stereocenters. The van der Waals surface area contributed by atoms with Crippen molar-refractivity contribution in [2.75, 3.05) is 5.75 Å². The molecule has 0 aromatic heterocycles. The van der Waals surface area contributed by atoms with Crippen LogP contribution in [0.25, 0.3) is 0 Å². The van der Waals surface area contributed by atoms with Gasteiger partial charge in [-0.2, -0.15) is 0 Å². The van der Waals surface area contributed by atoms with Crippen LogP contribution >= 0.6 is 11.8 Å². The maximum atomic E-state index is 12.3. The summed E-state index contributed by atoms with van der Waals surface area (Å²) >= 11 is 1.61. The smallest absolute Gasteiger partial charge is 0.244 e. The first kappa shape index (κ1) is 12.7. The van der Waals surface area contributed by atoms with E-state index in [1.54, 1.807) is 16.7 Å². The van der Waals surface area contributed by atoms with Crippen LogP contribution in [-0.2, 0) is 9.59 Å². The van der Waals surface area contributed by atoms with Gasteiger partial charge in [0.15, 0.2) is 0 Å². The van der Waals surface area contributed by atoms with Crippen LogP contribution in [0.2, 0.25) is 0 Å². The van der Waals surface area contributed by atoms with Crippen molar-refractivity contribution < 1.29 is 9.59 Å². The predicted molar refractivity (Wildman–Crippen MR) is 67.1 cm³/mol. The van der Waals surface area contributed by atoms with Crippen molar-refractivity contribution in [3.8, 4) is 0 Å². The first-order valence-corrected chi connectivity index (χ1v) is 6.92. The molecule has 3 atom stereocenters. The number of hydrogen-bond acceptors (Lipinski definition) is 4. The van der Waals surface area contributed by atoms with Crippen molar-refractivity contribution >= 4 is 23.6 Å². The molecule has 2 fully saturated rings. The highest BCUT2D eigenvalue weighted by Crippen LogP contribution is 2.43. The minimum atomic E-state index is -0.806. The molecule has 2 heterocycles. The van der Waals surface area contributed by atoms with Crippen molar-refractivity contribution in [2.24, 2.45) is 17.4 Å². The van der Waals surface area contributed by atoms with Gasteiger partial charge in [-0.25, -0.2) is 0 Å². The number of carbonyl (C=O) groups excluding carboxylic acids is 2. The van der Waals surface area contributed by atoms with Crippen LogP contribution in [0.5, 0.6) is 0 Å². The zero-order chi connectivity index (χ0) is 12.8. The lowest BCUT2D eigenvalue weighted by atomic mass is 9.88. The molecule has 4 N–H and O–H groups in total. The van der Waals surface area contributed by atoms with Crippen LogP contribution in [0.1, 0.15) is 26.7 Å². The Morgan fingerprint density at radius 1 is 1.65 bits per heavy atom. The Labute approximate surface area is 105 Å². The Morgan fingerprint density at radius 2 is 2.29 bits per heavy atom. The number of nitrogens with two attached hydrogens (primary N) is 2. The summed E-state index contributed by atoms with van der Waals surface area (Å²) in [4.78, 5) is 25.2. The highest BCUT2D eigenvalue weighted by atomic mass is 32.2. The number of fused-ring (bicyclic) bond motifs is 1. The predicted octanol–water partition coefficient (Wildman–Crippen LogP) is -0.111. The fourth-order valence-corrected chi connectivity index (χ4v) is 4.32. The summed E-state index contributed by atoms with van der Waals surface area (Å²) in [6.07, 6.45) is 1.28. The van der Waals surface area contributed by atoms with Crippen molar-refractivity contribution in [3.05, 3.63) is 0 Å². The SMILES string of the molecule is CC(C)CC1(N)CC2SCC(C(N)=O)N2C1=O. The van der Waals surface area contributed by atoms with Crippen molar-refractivity contribution in [1.29, 1.82) is 0 Å². The molecule has 0 aromatic rings. The molecule has 0 aliphatic carbocycles. The average Bonchev–Trinajstić information content (AvgIpc) is 2.66. The molecule has 96 valence electrons. The van der Waals surface area contributed by atoms with E-state index in [4.69, 9.17) is 11.5 Å². The molecule has 2 rings (SSSR count). The van der Waals surface area contributed by atoms with Gasteiger partial charge in [0, 0.05) is 12.2 Å². The fourth-order valence-electron chi connectivity index (χ4n) is 2.77. The minimum Gasteiger partial charge on any atom is -0.368 e. The topological polar surface area (TPSA) is 89.4 Å². The third kappa shape index (κ3) is 2.04. The van der Waals surface area contributed by atoms with Gasteiger partial charge in [-0.3, -0.25) is 9.59 Å². The van der Waals surface area contributed by atoms with Crippen molar-refractivity contribution in [3.63, 3.8) is 0 Å². The zero-order valence-corrected chi connectivity index (χ0v) is 11.0. The van der Waals surface area contributed by atoms with Gasteiger partial charge in [-0.1, -0.05) is 13.8 Å². The van der Waals surface area contributed by atoms with E-state index in [2.05, 4.69) is 0 Å². The molecule has 0 saturated carbocycles. The van der Waals surface area contributed by atoms with E-state index >= 15 is 0 Å². The molecular weight excluding hydrogens is 238 g/mol. The minimum absolute atomic E-state index is 0.0312. The van der Waals surface area contributed by atoms with E-state index in [0.29, 0.717) is 24.5 Å². The van der Waals surface area contributed by atoms with E-state index < -0.39 is 17.5 Å². The first-order chi connectivity index (χ1) is 7.85. The quantitative estimate of drug-likeness (QED) is 0.738. The Morgan fingerprint density at radius 3 is 2.82 bits per heavy atom. The second-order valence-electron chi connectivity index (χ2n) is 5.38. The fraction of sp³-hybridized carbons (Fsp3) is 0.818. The normalized spacial score (nSPS) is 36.7. The Balaban J connectivity index is 2.20. The van der Waals surface area contributed by atoms with Gasteiger partial charge in [-0.05, 0) is 12.3 Å². The number of rotatable bonds is 3. The zero-order valence-electron chi connectivity index (χ0n) is 10.2. The van der Waals surface area contributed by atoms with Gasteiger partial charge < -0.3 is 16.4 Å². The van der Waals surface area contributed by atoms with Crippen LogP contribution in [0.3, 0.4) is 0 Å². The van der Waals surface area contributed by atoms with Crippen LogP contribution in [-0.4, -0.2) is 39.4 Å². The summed E-state index contributed by atoms with van der Waals surface area (Å²) in [6.45, 7) is 4.09. The third-order valence-corrected chi connectivity index (χ3v) is 4.68. The summed E-state index contributed by atoms with van der Waals surface area (Å²) in [7, 11) is 0. The van der Waals surface area contributed by atoms with Crippen molar-refractivity contribution in [2.45, 2.75) is 43.6 Å². The molecule has 0 radical (unpaired) electrons. The lowest BCUT2D eigenvalue weighted by Gasteiger charge is -2.26. The number of hydrogen-bond donors (Lipinski definition) is 2. The average molecular weight is 257 g/mol. The second-order valence-corrected chi connectivity index (χ2v) is 6.59. The molecular formula is C11H19N3O2S. The molecule has 6 heteroatoms. The molecule has 2 saturated heterocycles. The summed E-state index contributed by atoms with van der Waals surface area (Å²) in [5.74, 6) is 0.428. The molecule has 2 amide bonds. The van der Waals surface area contributed by atoms with Gasteiger partial charge in [0.25, 0.3) is 0 Å². The molecule has 17 heavy (non-hydrogen) atoms. The second kappa shape index (κ2) is 4.17. The van der Waals surface area contributed by atoms with Gasteiger partial charge in [0.05, 0.1) is 10.9 Å². The van der Waals surface area contributed by atoms with Crippen molar-refractivity contribution in [1.82, 2.24) is 4.90 Å². The maximum absolute atomic E-state index is 12.3. The van der Waals surface area contributed by atoms with E-state index in [0.717, 1.165) is 0 Å². The van der Waals surface area contributed by atoms with Crippen LogP contribution in [0, 0.1) is 5.92 Å². The molecule has 2 aliphatic rings. The van der Waals surface area contributed by atoms with E-state index in [9.17, 15) is 9.59 Å². The molecule has 2 aliphatic heterocycles. The monoisotopic (exact) mass is 257 g/mol. The van der Waals surface area contributed by atoms with Crippen LogP contribution in [0.15, 0.2) is 0 Å². The highest BCUT2D eigenvalue weighted by Gasteiger charge is 2.55. The standard InChI is InChI=1S/C11H19N3O2S/c1-6(2)3-11(13)4-8-14(10(11)16)7(5-17-8)9(12)15/h6-8H,3-5,13H2,1-2H3,(H2,12,15). The summed E-state index contributed by atoms with van der Waals surface area (Å²) in [5.41, 5.74) is 10.7.